The van der Waals surface area contributed by atoms with Crippen LogP contribution in [0.5, 0.6) is 0 Å². The number of hydrogen-bond donors (Lipinski definition) is 3. The summed E-state index contributed by atoms with van der Waals surface area (Å²) in [4.78, 5) is 12.6. The lowest BCUT2D eigenvalue weighted by atomic mass is 10.2. The molecule has 1 aromatic heterocycles. The quantitative estimate of drug-likeness (QED) is 0.602. The number of thiophene rings is 1. The van der Waals surface area contributed by atoms with Gasteiger partial charge in [0.25, 0.3) is 0 Å². The Labute approximate surface area is 124 Å². The van der Waals surface area contributed by atoms with Crippen LogP contribution in [0.1, 0.15) is 18.7 Å². The number of nitrogens with one attached hydrogen (secondary N) is 2. The van der Waals surface area contributed by atoms with Crippen LogP contribution in [0.3, 0.4) is 0 Å². The van der Waals surface area contributed by atoms with E-state index in [4.69, 9.17) is 4.74 Å². The molecule has 0 aliphatic heterocycles. The van der Waals surface area contributed by atoms with E-state index >= 15 is 0 Å². The molecule has 0 saturated carbocycles. The van der Waals surface area contributed by atoms with Gasteiger partial charge in [0.1, 0.15) is 0 Å². The van der Waals surface area contributed by atoms with E-state index in [0.29, 0.717) is 25.6 Å². The Hall–Kier alpha value is -0.950. The lowest BCUT2D eigenvalue weighted by molar-refractivity contribution is -0.120. The second-order valence-corrected chi connectivity index (χ2v) is 6.11. The second kappa shape index (κ2) is 9.88. The Balaban J connectivity index is 1.99. The first-order valence-corrected chi connectivity index (χ1v) is 7.71. The zero-order valence-corrected chi connectivity index (χ0v) is 12.9. The molecule has 1 amide bonds. The molecule has 0 bridgehead atoms. The van der Waals surface area contributed by atoms with Gasteiger partial charge >= 0.3 is 0 Å². The summed E-state index contributed by atoms with van der Waals surface area (Å²) in [5.41, 5.74) is 0. The fourth-order valence-electron chi connectivity index (χ4n) is 1.48. The van der Waals surface area contributed by atoms with Crippen molar-refractivity contribution in [3.05, 3.63) is 22.4 Å². The van der Waals surface area contributed by atoms with Crippen LogP contribution in [0, 0.1) is 5.92 Å². The van der Waals surface area contributed by atoms with E-state index in [1.54, 1.807) is 11.3 Å². The van der Waals surface area contributed by atoms with Gasteiger partial charge in [-0.3, -0.25) is 4.79 Å². The fraction of sp³-hybridized carbons (Fsp3) is 0.643. The molecule has 114 valence electrons. The number of hydrogen-bond acceptors (Lipinski definition) is 5. The highest BCUT2D eigenvalue weighted by molar-refractivity contribution is 7.09. The molecule has 20 heavy (non-hydrogen) atoms. The normalized spacial score (nSPS) is 12.6. The van der Waals surface area contributed by atoms with Crippen LogP contribution in [0.4, 0.5) is 0 Å². The van der Waals surface area contributed by atoms with Crippen molar-refractivity contribution < 1.29 is 14.6 Å². The number of ether oxygens (including phenoxy) is 1. The predicted molar refractivity (Wildman–Crippen MR) is 80.7 cm³/mol. The van der Waals surface area contributed by atoms with Crippen LogP contribution in [-0.2, 0) is 16.1 Å². The minimum Gasteiger partial charge on any atom is -0.389 e. The van der Waals surface area contributed by atoms with Gasteiger partial charge in [0.05, 0.1) is 25.9 Å². The van der Waals surface area contributed by atoms with Crippen LogP contribution in [-0.4, -0.2) is 43.4 Å². The zero-order chi connectivity index (χ0) is 14.8. The molecule has 0 radical (unpaired) electrons. The first kappa shape index (κ1) is 17.1. The van der Waals surface area contributed by atoms with Gasteiger partial charge in [-0.1, -0.05) is 19.9 Å². The number of amides is 1. The van der Waals surface area contributed by atoms with Crippen LogP contribution < -0.4 is 10.6 Å². The molecular formula is C14H24N2O3S. The van der Waals surface area contributed by atoms with Gasteiger partial charge in [-0.2, -0.15) is 0 Å². The molecule has 0 aliphatic carbocycles. The molecule has 1 aromatic rings. The smallest absolute Gasteiger partial charge is 0.233 e. The number of rotatable bonds is 10. The topological polar surface area (TPSA) is 70.6 Å². The van der Waals surface area contributed by atoms with E-state index in [0.717, 1.165) is 4.88 Å². The number of aliphatic hydroxyl groups is 1. The average molecular weight is 300 g/mol. The van der Waals surface area contributed by atoms with Crippen molar-refractivity contribution in [2.45, 2.75) is 26.6 Å². The maximum Gasteiger partial charge on any atom is 0.233 e. The summed E-state index contributed by atoms with van der Waals surface area (Å²) in [6, 6.07) is 3.96. The third kappa shape index (κ3) is 8.27. The molecule has 5 nitrogen and oxygen atoms in total. The van der Waals surface area contributed by atoms with E-state index < -0.39 is 6.10 Å². The highest BCUT2D eigenvalue weighted by Gasteiger charge is 2.06. The van der Waals surface area contributed by atoms with Crippen LogP contribution in [0.25, 0.3) is 0 Å². The standard InChI is InChI=1S/C14H24N2O3S/c1-11(2)6-16-14(18)8-15-7-12(17)9-19-10-13-4-3-5-20-13/h3-5,11-12,15,17H,6-10H2,1-2H3,(H,16,18). The highest BCUT2D eigenvalue weighted by atomic mass is 32.1. The van der Waals surface area contributed by atoms with Crippen molar-refractivity contribution in [3.8, 4) is 0 Å². The molecule has 0 spiro atoms. The summed E-state index contributed by atoms with van der Waals surface area (Å²) < 4.78 is 5.40. The SMILES string of the molecule is CC(C)CNC(=O)CNCC(O)COCc1cccs1. The molecule has 6 heteroatoms. The summed E-state index contributed by atoms with van der Waals surface area (Å²) in [5, 5.41) is 17.4. The van der Waals surface area contributed by atoms with E-state index in [1.807, 2.05) is 31.4 Å². The van der Waals surface area contributed by atoms with Gasteiger partial charge in [-0.05, 0) is 17.4 Å². The van der Waals surface area contributed by atoms with Gasteiger partial charge in [-0.15, -0.1) is 11.3 Å². The van der Waals surface area contributed by atoms with Crippen molar-refractivity contribution in [1.82, 2.24) is 10.6 Å². The Morgan fingerprint density at radius 3 is 2.90 bits per heavy atom. The predicted octanol–water partition coefficient (Wildman–Crippen LogP) is 0.987. The monoisotopic (exact) mass is 300 g/mol. The van der Waals surface area contributed by atoms with Crippen LogP contribution >= 0.6 is 11.3 Å². The molecule has 1 heterocycles. The van der Waals surface area contributed by atoms with Crippen LogP contribution in [0.2, 0.25) is 0 Å². The molecule has 0 aliphatic rings. The largest absolute Gasteiger partial charge is 0.389 e. The molecule has 1 unspecified atom stereocenters. The van der Waals surface area contributed by atoms with Gasteiger partial charge < -0.3 is 20.5 Å². The van der Waals surface area contributed by atoms with E-state index in [1.165, 1.54) is 0 Å². The average Bonchev–Trinajstić information content (AvgIpc) is 2.89. The molecule has 0 fully saturated rings. The zero-order valence-electron chi connectivity index (χ0n) is 12.1. The minimum absolute atomic E-state index is 0.0506. The third-order valence-corrected chi connectivity index (χ3v) is 3.36. The minimum atomic E-state index is -0.604. The van der Waals surface area contributed by atoms with E-state index in [2.05, 4.69) is 10.6 Å². The van der Waals surface area contributed by atoms with Crippen molar-refractivity contribution in [2.75, 3.05) is 26.2 Å². The fourth-order valence-corrected chi connectivity index (χ4v) is 2.12. The van der Waals surface area contributed by atoms with Crippen molar-refractivity contribution in [3.63, 3.8) is 0 Å². The van der Waals surface area contributed by atoms with Crippen molar-refractivity contribution in [2.24, 2.45) is 5.92 Å². The third-order valence-electron chi connectivity index (χ3n) is 2.51. The Morgan fingerprint density at radius 1 is 1.45 bits per heavy atom. The summed E-state index contributed by atoms with van der Waals surface area (Å²) in [6.45, 7) is 6.11. The number of carbonyl (C=O) groups is 1. The molecule has 0 aromatic carbocycles. The maximum absolute atomic E-state index is 11.4. The summed E-state index contributed by atoms with van der Waals surface area (Å²) in [6.07, 6.45) is -0.604. The van der Waals surface area contributed by atoms with Gasteiger partial charge in [-0.25, -0.2) is 0 Å². The summed E-state index contributed by atoms with van der Waals surface area (Å²) >= 11 is 1.63. The lowest BCUT2D eigenvalue weighted by Gasteiger charge is -2.12. The molecule has 3 N–H and O–H groups in total. The number of aliphatic hydroxyl groups excluding tert-OH is 1. The Bertz CT molecular complexity index is 369. The second-order valence-electron chi connectivity index (χ2n) is 5.08. The van der Waals surface area contributed by atoms with Gasteiger partial charge in [0.15, 0.2) is 0 Å². The maximum atomic E-state index is 11.4. The Kier molecular flexibility index (Phi) is 8.45. The van der Waals surface area contributed by atoms with Crippen LogP contribution in [0.15, 0.2) is 17.5 Å². The van der Waals surface area contributed by atoms with Gasteiger partial charge in [0.2, 0.25) is 5.91 Å². The summed E-state index contributed by atoms with van der Waals surface area (Å²) in [5.74, 6) is 0.389. The van der Waals surface area contributed by atoms with E-state index in [-0.39, 0.29) is 19.1 Å². The van der Waals surface area contributed by atoms with Crippen molar-refractivity contribution >= 4 is 17.2 Å². The number of carbonyl (C=O) groups excluding carboxylic acids is 1. The molecule has 0 saturated heterocycles. The molecular weight excluding hydrogens is 276 g/mol. The highest BCUT2D eigenvalue weighted by Crippen LogP contribution is 2.09. The first-order valence-electron chi connectivity index (χ1n) is 6.83. The molecule has 1 rings (SSSR count). The lowest BCUT2D eigenvalue weighted by Crippen LogP contribution is -2.39. The molecule has 1 atom stereocenters. The van der Waals surface area contributed by atoms with Gasteiger partial charge in [0, 0.05) is 18.0 Å². The summed E-state index contributed by atoms with van der Waals surface area (Å²) in [7, 11) is 0. The first-order chi connectivity index (χ1) is 9.58. The van der Waals surface area contributed by atoms with Crippen molar-refractivity contribution in [1.29, 1.82) is 0 Å². The van der Waals surface area contributed by atoms with E-state index in [9.17, 15) is 9.90 Å². The Morgan fingerprint density at radius 2 is 2.25 bits per heavy atom.